The van der Waals surface area contributed by atoms with Crippen molar-refractivity contribution >= 4 is 46.3 Å². The number of alkyl halides is 3. The molecule has 0 bridgehead atoms. The average Bonchev–Trinajstić information content (AvgIpc) is 3.18. The van der Waals surface area contributed by atoms with Crippen LogP contribution in [0.3, 0.4) is 0 Å². The zero-order valence-corrected chi connectivity index (χ0v) is 17.1. The fraction of sp³-hybridized carbons (Fsp3) is 0.278. The Morgan fingerprint density at radius 2 is 2.10 bits per heavy atom. The van der Waals surface area contributed by atoms with Crippen LogP contribution in [-0.2, 0) is 11.0 Å². The second-order valence-corrected chi connectivity index (χ2v) is 8.71. The van der Waals surface area contributed by atoms with Crippen molar-refractivity contribution in [3.63, 3.8) is 0 Å². The number of hydrogen-bond acceptors (Lipinski definition) is 5. The van der Waals surface area contributed by atoms with Crippen LogP contribution in [0.4, 0.5) is 18.9 Å². The third-order valence-electron chi connectivity index (χ3n) is 4.21. The molecule has 1 aliphatic carbocycles. The Morgan fingerprint density at radius 3 is 2.76 bits per heavy atom. The minimum Gasteiger partial charge on any atom is -0.325 e. The van der Waals surface area contributed by atoms with Crippen LogP contribution in [0.15, 0.2) is 40.9 Å². The molecule has 0 radical (unpaired) electrons. The van der Waals surface area contributed by atoms with Crippen LogP contribution in [-0.4, -0.2) is 26.4 Å². The van der Waals surface area contributed by atoms with Crippen LogP contribution >= 0.6 is 34.7 Å². The van der Waals surface area contributed by atoms with Gasteiger partial charge in [-0.2, -0.15) is 13.2 Å². The zero-order chi connectivity index (χ0) is 20.6. The number of amides is 1. The smallest absolute Gasteiger partial charge is 0.325 e. The van der Waals surface area contributed by atoms with Crippen molar-refractivity contribution in [2.24, 2.45) is 0 Å². The molecule has 152 valence electrons. The number of carbonyl (C=O) groups excluding carboxylic acids is 1. The standard InChI is InChI=1S/C18H14ClF3N4OS2/c19-13-6-3-10(8-12(13)18(20,21)22)23-15(27)9-29-17-25-24-16(14-2-1-7-28-14)26(17)11-4-5-11/h1-3,6-8,11H,4-5,9H2,(H,23,27). The van der Waals surface area contributed by atoms with E-state index in [1.165, 1.54) is 17.8 Å². The lowest BCUT2D eigenvalue weighted by molar-refractivity contribution is -0.137. The number of carbonyl (C=O) groups is 1. The van der Waals surface area contributed by atoms with Crippen LogP contribution in [0.25, 0.3) is 10.7 Å². The molecule has 2 aromatic heterocycles. The van der Waals surface area contributed by atoms with Gasteiger partial charge in [-0.05, 0) is 42.5 Å². The molecular weight excluding hydrogens is 445 g/mol. The summed E-state index contributed by atoms with van der Waals surface area (Å²) in [5.41, 5.74) is -0.950. The zero-order valence-electron chi connectivity index (χ0n) is 14.7. The molecule has 0 spiro atoms. The van der Waals surface area contributed by atoms with Gasteiger partial charge in [0.15, 0.2) is 11.0 Å². The van der Waals surface area contributed by atoms with E-state index >= 15 is 0 Å². The first kappa shape index (κ1) is 20.2. The number of benzene rings is 1. The lowest BCUT2D eigenvalue weighted by atomic mass is 10.2. The molecule has 2 heterocycles. The number of thioether (sulfide) groups is 1. The van der Waals surface area contributed by atoms with E-state index in [0.29, 0.717) is 11.2 Å². The maximum Gasteiger partial charge on any atom is 0.417 e. The fourth-order valence-corrected chi connectivity index (χ4v) is 4.49. The van der Waals surface area contributed by atoms with Gasteiger partial charge in [0.2, 0.25) is 5.91 Å². The Labute approximate surface area is 177 Å². The first-order chi connectivity index (χ1) is 13.8. The monoisotopic (exact) mass is 458 g/mol. The molecule has 0 saturated heterocycles. The normalized spacial score (nSPS) is 14.2. The summed E-state index contributed by atoms with van der Waals surface area (Å²) in [6.07, 6.45) is -2.53. The summed E-state index contributed by atoms with van der Waals surface area (Å²) in [6, 6.07) is 7.50. The van der Waals surface area contributed by atoms with E-state index in [4.69, 9.17) is 11.6 Å². The van der Waals surface area contributed by atoms with Gasteiger partial charge in [-0.15, -0.1) is 21.5 Å². The fourth-order valence-electron chi connectivity index (χ4n) is 2.76. The van der Waals surface area contributed by atoms with Crippen molar-refractivity contribution < 1.29 is 18.0 Å². The number of aromatic nitrogens is 3. The summed E-state index contributed by atoms with van der Waals surface area (Å²) in [5, 5.41) is 13.1. The summed E-state index contributed by atoms with van der Waals surface area (Å²) in [6.45, 7) is 0. The van der Waals surface area contributed by atoms with Gasteiger partial charge in [-0.25, -0.2) is 0 Å². The van der Waals surface area contributed by atoms with Gasteiger partial charge < -0.3 is 5.32 Å². The molecule has 1 fully saturated rings. The number of halogens is 4. The van der Waals surface area contributed by atoms with Gasteiger partial charge in [-0.3, -0.25) is 9.36 Å². The molecule has 0 atom stereocenters. The van der Waals surface area contributed by atoms with Crippen molar-refractivity contribution in [1.82, 2.24) is 14.8 Å². The van der Waals surface area contributed by atoms with E-state index in [0.717, 1.165) is 35.7 Å². The number of anilines is 1. The Morgan fingerprint density at radius 1 is 1.31 bits per heavy atom. The largest absolute Gasteiger partial charge is 0.417 e. The first-order valence-corrected chi connectivity index (χ1v) is 10.9. The summed E-state index contributed by atoms with van der Waals surface area (Å²) in [5.74, 6) is 0.339. The van der Waals surface area contributed by atoms with E-state index in [9.17, 15) is 18.0 Å². The molecule has 1 amide bonds. The predicted molar refractivity (Wildman–Crippen MR) is 107 cm³/mol. The van der Waals surface area contributed by atoms with Crippen LogP contribution in [0.5, 0.6) is 0 Å². The molecule has 3 aromatic rings. The van der Waals surface area contributed by atoms with E-state index in [2.05, 4.69) is 15.5 Å². The SMILES string of the molecule is O=C(CSc1nnc(-c2cccs2)n1C1CC1)Nc1ccc(Cl)c(C(F)(F)F)c1. The van der Waals surface area contributed by atoms with Gasteiger partial charge in [-0.1, -0.05) is 29.4 Å². The summed E-state index contributed by atoms with van der Waals surface area (Å²) in [4.78, 5) is 13.3. The van der Waals surface area contributed by atoms with E-state index in [1.807, 2.05) is 22.1 Å². The van der Waals surface area contributed by atoms with Gasteiger partial charge in [0.1, 0.15) is 0 Å². The highest BCUT2D eigenvalue weighted by Crippen LogP contribution is 2.42. The minimum atomic E-state index is -4.59. The average molecular weight is 459 g/mol. The maximum absolute atomic E-state index is 13.0. The van der Waals surface area contributed by atoms with Gasteiger partial charge in [0.05, 0.1) is 21.2 Å². The highest BCUT2D eigenvalue weighted by Gasteiger charge is 2.33. The molecule has 4 rings (SSSR count). The van der Waals surface area contributed by atoms with Gasteiger partial charge in [0, 0.05) is 11.7 Å². The Hall–Kier alpha value is -2.04. The molecular formula is C18H14ClF3N4OS2. The minimum absolute atomic E-state index is 0.000723. The molecule has 29 heavy (non-hydrogen) atoms. The Bertz CT molecular complexity index is 1030. The van der Waals surface area contributed by atoms with Gasteiger partial charge in [0.25, 0.3) is 0 Å². The highest BCUT2D eigenvalue weighted by atomic mass is 35.5. The topological polar surface area (TPSA) is 59.8 Å². The van der Waals surface area contributed by atoms with Crippen molar-refractivity contribution in [3.05, 3.63) is 46.3 Å². The molecule has 1 aromatic carbocycles. The quantitative estimate of drug-likeness (QED) is 0.478. The predicted octanol–water partition coefficient (Wildman–Crippen LogP) is 5.74. The second-order valence-electron chi connectivity index (χ2n) is 6.41. The summed E-state index contributed by atoms with van der Waals surface area (Å²) < 4.78 is 40.9. The number of thiophene rings is 1. The van der Waals surface area contributed by atoms with E-state index in [-0.39, 0.29) is 11.4 Å². The van der Waals surface area contributed by atoms with E-state index in [1.54, 1.807) is 11.3 Å². The molecule has 1 N–H and O–H groups in total. The van der Waals surface area contributed by atoms with Crippen LogP contribution < -0.4 is 5.32 Å². The van der Waals surface area contributed by atoms with E-state index < -0.39 is 22.7 Å². The van der Waals surface area contributed by atoms with Crippen molar-refractivity contribution in [3.8, 4) is 10.7 Å². The Kier molecular flexibility index (Phi) is 5.58. The molecule has 0 aliphatic heterocycles. The number of nitrogens with one attached hydrogen (secondary N) is 1. The second kappa shape index (κ2) is 8.00. The third kappa shape index (κ3) is 4.59. The van der Waals surface area contributed by atoms with Crippen LogP contribution in [0, 0.1) is 0 Å². The number of nitrogens with zero attached hydrogens (tertiary/aromatic N) is 3. The van der Waals surface area contributed by atoms with Crippen molar-refractivity contribution in [1.29, 1.82) is 0 Å². The van der Waals surface area contributed by atoms with Crippen LogP contribution in [0.2, 0.25) is 5.02 Å². The molecule has 0 unspecified atom stereocenters. The molecule has 5 nitrogen and oxygen atoms in total. The lowest BCUT2D eigenvalue weighted by Crippen LogP contribution is -2.15. The third-order valence-corrected chi connectivity index (χ3v) is 6.34. The molecule has 11 heteroatoms. The Balaban J connectivity index is 1.45. The highest BCUT2D eigenvalue weighted by molar-refractivity contribution is 7.99. The summed E-state index contributed by atoms with van der Waals surface area (Å²) >= 11 is 8.37. The van der Waals surface area contributed by atoms with Crippen molar-refractivity contribution in [2.45, 2.75) is 30.2 Å². The maximum atomic E-state index is 13.0. The van der Waals surface area contributed by atoms with Crippen LogP contribution in [0.1, 0.15) is 24.4 Å². The van der Waals surface area contributed by atoms with Gasteiger partial charge >= 0.3 is 6.18 Å². The first-order valence-electron chi connectivity index (χ1n) is 8.61. The molecule has 1 saturated carbocycles. The molecule has 1 aliphatic rings. The number of hydrogen-bond donors (Lipinski definition) is 1. The van der Waals surface area contributed by atoms with Crippen molar-refractivity contribution in [2.75, 3.05) is 11.1 Å². The lowest BCUT2D eigenvalue weighted by Gasteiger charge is -2.12. The number of rotatable bonds is 6. The summed E-state index contributed by atoms with van der Waals surface area (Å²) in [7, 11) is 0.